The molecule has 1 saturated carbocycles. The Morgan fingerprint density at radius 3 is 2.25 bits per heavy atom. The third kappa shape index (κ3) is 4.94. The SMILES string of the molecule is N#Cc1ccc(OCCCN2CCC(C(c3ccccc3)C3CC3)CC2)cc1. The Hall–Kier alpha value is -2.31. The summed E-state index contributed by atoms with van der Waals surface area (Å²) in [7, 11) is 0. The second-order valence-corrected chi connectivity index (χ2v) is 8.29. The summed E-state index contributed by atoms with van der Waals surface area (Å²) in [6, 6.07) is 20.7. The summed E-state index contributed by atoms with van der Waals surface area (Å²) in [5.41, 5.74) is 2.24. The third-order valence-corrected chi connectivity index (χ3v) is 6.33. The summed E-state index contributed by atoms with van der Waals surface area (Å²) in [5, 5.41) is 8.84. The fraction of sp³-hybridized carbons (Fsp3) is 0.480. The lowest BCUT2D eigenvalue weighted by Gasteiger charge is -2.36. The van der Waals surface area contributed by atoms with Crippen LogP contribution in [0.25, 0.3) is 0 Å². The van der Waals surface area contributed by atoms with E-state index < -0.39 is 0 Å². The van der Waals surface area contributed by atoms with Gasteiger partial charge in [0.2, 0.25) is 0 Å². The van der Waals surface area contributed by atoms with E-state index in [4.69, 9.17) is 10.00 Å². The van der Waals surface area contributed by atoms with Gasteiger partial charge in [0.05, 0.1) is 18.2 Å². The van der Waals surface area contributed by atoms with E-state index in [-0.39, 0.29) is 0 Å². The van der Waals surface area contributed by atoms with Crippen LogP contribution in [0.4, 0.5) is 0 Å². The number of nitrogens with zero attached hydrogens (tertiary/aromatic N) is 2. The van der Waals surface area contributed by atoms with Crippen LogP contribution in [0.3, 0.4) is 0 Å². The average molecular weight is 375 g/mol. The van der Waals surface area contributed by atoms with Crippen molar-refractivity contribution in [1.29, 1.82) is 5.26 Å². The molecule has 0 N–H and O–H groups in total. The van der Waals surface area contributed by atoms with E-state index in [1.807, 2.05) is 24.3 Å². The molecule has 4 rings (SSSR count). The van der Waals surface area contributed by atoms with Crippen LogP contribution >= 0.6 is 0 Å². The molecule has 0 aromatic heterocycles. The molecule has 0 spiro atoms. The van der Waals surface area contributed by atoms with Crippen molar-refractivity contribution in [3.05, 3.63) is 65.7 Å². The predicted octanol–water partition coefficient (Wildman–Crippen LogP) is 5.23. The first kappa shape index (κ1) is 19.0. The van der Waals surface area contributed by atoms with Crippen molar-refractivity contribution in [3.63, 3.8) is 0 Å². The predicted molar refractivity (Wildman–Crippen MR) is 112 cm³/mol. The fourth-order valence-corrected chi connectivity index (χ4v) is 4.70. The molecular weight excluding hydrogens is 344 g/mol. The number of piperidine rings is 1. The van der Waals surface area contributed by atoms with E-state index in [0.29, 0.717) is 5.56 Å². The summed E-state index contributed by atoms with van der Waals surface area (Å²) in [5.74, 6) is 3.41. The molecule has 1 unspecified atom stereocenters. The zero-order valence-corrected chi connectivity index (χ0v) is 16.6. The minimum atomic E-state index is 0.676. The van der Waals surface area contributed by atoms with Gasteiger partial charge < -0.3 is 9.64 Å². The van der Waals surface area contributed by atoms with Crippen molar-refractivity contribution in [3.8, 4) is 11.8 Å². The van der Waals surface area contributed by atoms with E-state index in [1.54, 1.807) is 5.56 Å². The highest BCUT2D eigenvalue weighted by atomic mass is 16.5. The molecule has 2 fully saturated rings. The standard InChI is InChI=1S/C25H30N2O/c26-19-20-7-11-24(12-8-20)28-18-4-15-27-16-13-23(14-17-27)25(22-9-10-22)21-5-2-1-3-6-21/h1-3,5-8,11-12,22-23,25H,4,9-10,13-18H2. The van der Waals surface area contributed by atoms with Crippen molar-refractivity contribution < 1.29 is 4.74 Å². The number of nitriles is 1. The highest BCUT2D eigenvalue weighted by molar-refractivity contribution is 5.34. The second-order valence-electron chi connectivity index (χ2n) is 8.29. The minimum absolute atomic E-state index is 0.676. The maximum absolute atomic E-state index is 8.84. The molecule has 0 amide bonds. The largest absolute Gasteiger partial charge is 0.494 e. The van der Waals surface area contributed by atoms with Crippen LogP contribution in [0, 0.1) is 23.2 Å². The lowest BCUT2D eigenvalue weighted by atomic mass is 9.77. The Bertz CT molecular complexity index is 768. The summed E-state index contributed by atoms with van der Waals surface area (Å²) < 4.78 is 5.82. The molecule has 1 heterocycles. The first-order valence-electron chi connectivity index (χ1n) is 10.7. The minimum Gasteiger partial charge on any atom is -0.494 e. The monoisotopic (exact) mass is 374 g/mol. The molecular formula is C25H30N2O. The molecule has 0 radical (unpaired) electrons. The van der Waals surface area contributed by atoms with Crippen molar-refractivity contribution in [2.75, 3.05) is 26.2 Å². The first-order chi connectivity index (χ1) is 13.8. The number of rotatable bonds is 8. The molecule has 2 aliphatic rings. The van der Waals surface area contributed by atoms with Crippen molar-refractivity contribution in [2.24, 2.45) is 11.8 Å². The molecule has 3 heteroatoms. The van der Waals surface area contributed by atoms with Gasteiger partial charge in [0, 0.05) is 6.54 Å². The summed E-state index contributed by atoms with van der Waals surface area (Å²) in [4.78, 5) is 2.60. The number of ether oxygens (including phenoxy) is 1. The molecule has 1 saturated heterocycles. The second kappa shape index (κ2) is 9.26. The topological polar surface area (TPSA) is 36.3 Å². The summed E-state index contributed by atoms with van der Waals surface area (Å²) >= 11 is 0. The first-order valence-corrected chi connectivity index (χ1v) is 10.7. The average Bonchev–Trinajstić information content (AvgIpc) is 3.59. The van der Waals surface area contributed by atoms with Crippen molar-refractivity contribution >= 4 is 0 Å². The normalized spacial score (nSPS) is 19.1. The number of benzene rings is 2. The maximum Gasteiger partial charge on any atom is 0.119 e. The van der Waals surface area contributed by atoms with Crippen LogP contribution in [0.15, 0.2) is 54.6 Å². The number of hydrogen-bond donors (Lipinski definition) is 0. The quantitative estimate of drug-likeness (QED) is 0.593. The Labute approximate surface area is 168 Å². The van der Waals surface area contributed by atoms with E-state index in [0.717, 1.165) is 43.1 Å². The van der Waals surface area contributed by atoms with Crippen LogP contribution in [0.2, 0.25) is 0 Å². The van der Waals surface area contributed by atoms with Crippen LogP contribution in [0.5, 0.6) is 5.75 Å². The lowest BCUT2D eigenvalue weighted by molar-refractivity contribution is 0.152. The molecule has 2 aromatic rings. The van der Waals surface area contributed by atoms with Gasteiger partial charge in [0.1, 0.15) is 5.75 Å². The van der Waals surface area contributed by atoms with Gasteiger partial charge in [-0.3, -0.25) is 0 Å². The van der Waals surface area contributed by atoms with Gasteiger partial charge in [-0.2, -0.15) is 5.26 Å². The fourth-order valence-electron chi connectivity index (χ4n) is 4.70. The molecule has 3 nitrogen and oxygen atoms in total. The third-order valence-electron chi connectivity index (χ3n) is 6.33. The summed E-state index contributed by atoms with van der Waals surface area (Å²) in [6.45, 7) is 4.29. The molecule has 1 aliphatic heterocycles. The number of likely N-dealkylation sites (tertiary alicyclic amines) is 1. The highest BCUT2D eigenvalue weighted by Crippen LogP contribution is 2.49. The van der Waals surface area contributed by atoms with Gasteiger partial charge in [-0.15, -0.1) is 0 Å². The Kier molecular flexibility index (Phi) is 6.29. The highest BCUT2D eigenvalue weighted by Gasteiger charge is 2.38. The van der Waals surface area contributed by atoms with Crippen LogP contribution in [-0.4, -0.2) is 31.1 Å². The molecule has 146 valence electrons. The molecule has 2 aromatic carbocycles. The van der Waals surface area contributed by atoms with E-state index in [2.05, 4.69) is 41.3 Å². The van der Waals surface area contributed by atoms with Gasteiger partial charge >= 0.3 is 0 Å². The van der Waals surface area contributed by atoms with Gasteiger partial charge in [-0.25, -0.2) is 0 Å². The van der Waals surface area contributed by atoms with Crippen LogP contribution in [0.1, 0.15) is 49.1 Å². The summed E-state index contributed by atoms with van der Waals surface area (Å²) in [6.07, 6.45) is 6.55. The Morgan fingerprint density at radius 2 is 1.61 bits per heavy atom. The molecule has 1 atom stereocenters. The van der Waals surface area contributed by atoms with Crippen LogP contribution in [-0.2, 0) is 0 Å². The van der Waals surface area contributed by atoms with Crippen molar-refractivity contribution in [2.45, 2.75) is 38.0 Å². The van der Waals surface area contributed by atoms with E-state index >= 15 is 0 Å². The molecule has 1 aliphatic carbocycles. The Balaban J connectivity index is 1.19. The Morgan fingerprint density at radius 1 is 0.929 bits per heavy atom. The zero-order valence-electron chi connectivity index (χ0n) is 16.6. The van der Waals surface area contributed by atoms with E-state index in [1.165, 1.54) is 38.8 Å². The van der Waals surface area contributed by atoms with Crippen molar-refractivity contribution in [1.82, 2.24) is 4.90 Å². The molecule has 28 heavy (non-hydrogen) atoms. The van der Waals surface area contributed by atoms with Crippen LogP contribution < -0.4 is 4.74 Å². The number of hydrogen-bond acceptors (Lipinski definition) is 3. The zero-order chi connectivity index (χ0) is 19.2. The maximum atomic E-state index is 8.84. The lowest BCUT2D eigenvalue weighted by Crippen LogP contribution is -2.37. The van der Waals surface area contributed by atoms with Gasteiger partial charge in [-0.05, 0) is 92.8 Å². The van der Waals surface area contributed by atoms with E-state index in [9.17, 15) is 0 Å². The van der Waals surface area contributed by atoms with Gasteiger partial charge in [-0.1, -0.05) is 30.3 Å². The molecule has 0 bridgehead atoms. The smallest absolute Gasteiger partial charge is 0.119 e. The van der Waals surface area contributed by atoms with Gasteiger partial charge in [0.25, 0.3) is 0 Å². The van der Waals surface area contributed by atoms with Gasteiger partial charge in [0.15, 0.2) is 0 Å².